The highest BCUT2D eigenvalue weighted by atomic mass is 16.5. The second kappa shape index (κ2) is 7.64. The summed E-state index contributed by atoms with van der Waals surface area (Å²) in [6.45, 7) is 6.58. The Hall–Kier alpha value is -1.30. The molecule has 1 rings (SSSR count). The van der Waals surface area contributed by atoms with Gasteiger partial charge < -0.3 is 20.1 Å². The third-order valence-electron chi connectivity index (χ3n) is 4.57. The Kier molecular flexibility index (Phi) is 6.45. The van der Waals surface area contributed by atoms with Gasteiger partial charge in [0.05, 0.1) is 5.60 Å². The zero-order valence-corrected chi connectivity index (χ0v) is 13.5. The average molecular weight is 300 g/mol. The Morgan fingerprint density at radius 3 is 2.48 bits per heavy atom. The van der Waals surface area contributed by atoms with Crippen LogP contribution in [0.3, 0.4) is 0 Å². The van der Waals surface area contributed by atoms with Gasteiger partial charge in [-0.25, -0.2) is 9.59 Å². The Morgan fingerprint density at radius 2 is 2.00 bits per heavy atom. The molecule has 0 aromatic rings. The van der Waals surface area contributed by atoms with Crippen LogP contribution in [0.4, 0.5) is 4.79 Å². The minimum Gasteiger partial charge on any atom is -0.480 e. The molecular formula is C15H28N2O4. The number of urea groups is 1. The van der Waals surface area contributed by atoms with Crippen LogP contribution in [0.25, 0.3) is 0 Å². The molecule has 0 aromatic carbocycles. The molecule has 6 heteroatoms. The molecule has 2 unspecified atom stereocenters. The van der Waals surface area contributed by atoms with E-state index in [-0.39, 0.29) is 17.7 Å². The van der Waals surface area contributed by atoms with Gasteiger partial charge in [-0.05, 0) is 32.1 Å². The largest absolute Gasteiger partial charge is 0.480 e. The minimum atomic E-state index is -0.974. The number of nitrogens with one attached hydrogen (secondary N) is 1. The maximum atomic E-state index is 12.2. The maximum Gasteiger partial charge on any atom is 0.326 e. The molecule has 1 saturated heterocycles. The maximum absolute atomic E-state index is 12.2. The fourth-order valence-corrected chi connectivity index (χ4v) is 2.93. The van der Waals surface area contributed by atoms with E-state index in [2.05, 4.69) is 19.2 Å². The highest BCUT2D eigenvalue weighted by Crippen LogP contribution is 2.31. The molecule has 1 aliphatic rings. The summed E-state index contributed by atoms with van der Waals surface area (Å²) in [4.78, 5) is 24.6. The van der Waals surface area contributed by atoms with E-state index in [4.69, 9.17) is 9.84 Å². The Labute approximate surface area is 126 Å². The van der Waals surface area contributed by atoms with Gasteiger partial charge in [0.2, 0.25) is 0 Å². The molecule has 122 valence electrons. The molecule has 0 bridgehead atoms. The lowest BCUT2D eigenvalue weighted by Gasteiger charge is -2.40. The van der Waals surface area contributed by atoms with Crippen molar-refractivity contribution in [3.8, 4) is 0 Å². The zero-order chi connectivity index (χ0) is 16.0. The van der Waals surface area contributed by atoms with Gasteiger partial charge in [0.15, 0.2) is 0 Å². The fraction of sp³-hybridized carbons (Fsp3) is 0.867. The number of nitrogens with zero attached hydrogens (tertiary/aromatic N) is 1. The van der Waals surface area contributed by atoms with Crippen molar-refractivity contribution in [1.82, 2.24) is 10.2 Å². The number of amides is 2. The molecule has 6 nitrogen and oxygen atoms in total. The number of rotatable bonds is 6. The highest BCUT2D eigenvalue weighted by Gasteiger charge is 2.36. The first-order chi connectivity index (χ1) is 9.89. The zero-order valence-electron chi connectivity index (χ0n) is 13.5. The van der Waals surface area contributed by atoms with Gasteiger partial charge in [-0.2, -0.15) is 0 Å². The summed E-state index contributed by atoms with van der Waals surface area (Å²) in [7, 11) is 1.53. The number of likely N-dealkylation sites (N-methyl/N-ethyl adjacent to an activating group) is 1. The SMILES string of the molecule is CCC(C(=O)O)N(C)C(=O)NC1CCOC(CC)(CC)C1. The lowest BCUT2D eigenvalue weighted by Crippen LogP contribution is -2.53. The second-order valence-corrected chi connectivity index (χ2v) is 5.75. The Morgan fingerprint density at radius 1 is 1.38 bits per heavy atom. The molecule has 1 heterocycles. The van der Waals surface area contributed by atoms with Crippen LogP contribution in [0.1, 0.15) is 52.9 Å². The molecule has 2 atom stereocenters. The van der Waals surface area contributed by atoms with Gasteiger partial charge in [-0.3, -0.25) is 0 Å². The van der Waals surface area contributed by atoms with Crippen molar-refractivity contribution in [2.75, 3.05) is 13.7 Å². The van der Waals surface area contributed by atoms with E-state index < -0.39 is 12.0 Å². The van der Waals surface area contributed by atoms with Gasteiger partial charge >= 0.3 is 12.0 Å². The van der Waals surface area contributed by atoms with Gasteiger partial charge in [0.1, 0.15) is 6.04 Å². The average Bonchev–Trinajstić information content (AvgIpc) is 2.47. The summed E-state index contributed by atoms with van der Waals surface area (Å²) in [5.74, 6) is -0.974. The summed E-state index contributed by atoms with van der Waals surface area (Å²) >= 11 is 0. The predicted octanol–water partition coefficient (Wildman–Crippen LogP) is 2.23. The van der Waals surface area contributed by atoms with Crippen molar-refractivity contribution in [2.24, 2.45) is 0 Å². The number of carboxylic acid groups (broad SMARTS) is 1. The highest BCUT2D eigenvalue weighted by molar-refractivity contribution is 5.82. The van der Waals surface area contributed by atoms with Crippen molar-refractivity contribution in [3.05, 3.63) is 0 Å². The summed E-state index contributed by atoms with van der Waals surface area (Å²) in [5.41, 5.74) is -0.161. The fourth-order valence-electron chi connectivity index (χ4n) is 2.93. The van der Waals surface area contributed by atoms with Crippen LogP contribution in [-0.2, 0) is 9.53 Å². The number of carbonyl (C=O) groups is 2. The summed E-state index contributed by atoms with van der Waals surface area (Å²) < 4.78 is 5.88. The van der Waals surface area contributed by atoms with E-state index in [1.54, 1.807) is 6.92 Å². The number of carboxylic acids is 1. The predicted molar refractivity (Wildman–Crippen MR) is 80.3 cm³/mol. The molecule has 0 aliphatic carbocycles. The van der Waals surface area contributed by atoms with Crippen LogP contribution in [-0.4, -0.2) is 53.3 Å². The minimum absolute atomic E-state index is 0.0416. The number of aliphatic carboxylic acids is 1. The van der Waals surface area contributed by atoms with Crippen LogP contribution in [0.5, 0.6) is 0 Å². The summed E-state index contributed by atoms with van der Waals surface area (Å²) in [6.07, 6.45) is 3.77. The van der Waals surface area contributed by atoms with Crippen LogP contribution in [0.15, 0.2) is 0 Å². The molecule has 0 radical (unpaired) electrons. The Balaban J connectivity index is 2.63. The monoisotopic (exact) mass is 300 g/mol. The molecule has 1 fully saturated rings. The first-order valence-corrected chi connectivity index (χ1v) is 7.79. The normalized spacial score (nSPS) is 22.4. The van der Waals surface area contributed by atoms with Crippen LogP contribution in [0.2, 0.25) is 0 Å². The van der Waals surface area contributed by atoms with E-state index >= 15 is 0 Å². The van der Waals surface area contributed by atoms with Crippen molar-refractivity contribution >= 4 is 12.0 Å². The van der Waals surface area contributed by atoms with Gasteiger partial charge in [0, 0.05) is 19.7 Å². The van der Waals surface area contributed by atoms with E-state index in [0.717, 1.165) is 25.7 Å². The quantitative estimate of drug-likeness (QED) is 0.788. The van der Waals surface area contributed by atoms with E-state index in [1.807, 2.05) is 0 Å². The lowest BCUT2D eigenvalue weighted by atomic mass is 9.86. The van der Waals surface area contributed by atoms with E-state index in [9.17, 15) is 9.59 Å². The van der Waals surface area contributed by atoms with Crippen LogP contribution < -0.4 is 5.32 Å². The number of hydrogen-bond donors (Lipinski definition) is 2. The van der Waals surface area contributed by atoms with Crippen molar-refractivity contribution in [2.45, 2.75) is 70.6 Å². The standard InChI is InChI=1S/C15H28N2O4/c1-5-12(13(18)19)17(4)14(20)16-11-8-9-21-15(6-2,7-3)10-11/h11-12H,5-10H2,1-4H3,(H,16,20)(H,18,19). The third-order valence-corrected chi connectivity index (χ3v) is 4.57. The van der Waals surface area contributed by atoms with E-state index in [1.165, 1.54) is 11.9 Å². The lowest BCUT2D eigenvalue weighted by molar-refractivity contribution is -0.142. The van der Waals surface area contributed by atoms with Crippen molar-refractivity contribution in [1.29, 1.82) is 0 Å². The number of hydrogen-bond acceptors (Lipinski definition) is 3. The second-order valence-electron chi connectivity index (χ2n) is 5.75. The topological polar surface area (TPSA) is 78.9 Å². The molecule has 2 amide bonds. The van der Waals surface area contributed by atoms with Gasteiger partial charge in [0.25, 0.3) is 0 Å². The van der Waals surface area contributed by atoms with Crippen molar-refractivity contribution in [3.63, 3.8) is 0 Å². The molecule has 0 aromatic heterocycles. The molecule has 21 heavy (non-hydrogen) atoms. The number of ether oxygens (including phenoxy) is 1. The molecule has 0 spiro atoms. The Bertz CT molecular complexity index is 369. The summed E-state index contributed by atoms with van der Waals surface area (Å²) in [5, 5.41) is 12.1. The van der Waals surface area contributed by atoms with Crippen LogP contribution in [0, 0.1) is 0 Å². The van der Waals surface area contributed by atoms with Gasteiger partial charge in [-0.1, -0.05) is 20.8 Å². The first kappa shape index (κ1) is 17.8. The molecule has 1 aliphatic heterocycles. The molecule has 2 N–H and O–H groups in total. The smallest absolute Gasteiger partial charge is 0.326 e. The molecular weight excluding hydrogens is 272 g/mol. The third kappa shape index (κ3) is 4.33. The van der Waals surface area contributed by atoms with E-state index in [0.29, 0.717) is 13.0 Å². The summed E-state index contributed by atoms with van der Waals surface area (Å²) in [6, 6.07) is -1.07. The number of carbonyl (C=O) groups excluding carboxylic acids is 1. The van der Waals surface area contributed by atoms with Crippen molar-refractivity contribution < 1.29 is 19.4 Å². The van der Waals surface area contributed by atoms with Crippen LogP contribution >= 0.6 is 0 Å². The van der Waals surface area contributed by atoms with Gasteiger partial charge in [-0.15, -0.1) is 0 Å². The first-order valence-electron chi connectivity index (χ1n) is 7.79. The molecule has 0 saturated carbocycles.